The van der Waals surface area contributed by atoms with Crippen molar-refractivity contribution in [2.75, 3.05) is 29.9 Å². The van der Waals surface area contributed by atoms with Gasteiger partial charge in [-0.1, -0.05) is 12.1 Å². The summed E-state index contributed by atoms with van der Waals surface area (Å²) >= 11 is 3.90. The van der Waals surface area contributed by atoms with Crippen LogP contribution < -0.4 is 5.32 Å². The molecule has 2 aromatic rings. The molecular weight excluding hydrogens is 438 g/mol. The van der Waals surface area contributed by atoms with Crippen molar-refractivity contribution in [3.8, 4) is 0 Å². The van der Waals surface area contributed by atoms with E-state index in [2.05, 4.69) is 16.3 Å². The number of rotatable bonds is 4. The van der Waals surface area contributed by atoms with Gasteiger partial charge in [0.2, 0.25) is 0 Å². The van der Waals surface area contributed by atoms with E-state index in [1.54, 1.807) is 12.1 Å². The number of hydrogen-bond donors (Lipinski definition) is 1. The van der Waals surface area contributed by atoms with E-state index in [9.17, 15) is 9.18 Å². The van der Waals surface area contributed by atoms with Crippen molar-refractivity contribution in [3.05, 3.63) is 63.0 Å². The summed E-state index contributed by atoms with van der Waals surface area (Å²) in [5.41, 5.74) is 2.24. The second-order valence-electron chi connectivity index (χ2n) is 5.67. The Bertz CT molecular complexity index is 735. The monoisotopic (exact) mass is 456 g/mol. The van der Waals surface area contributed by atoms with Gasteiger partial charge in [0.05, 0.1) is 0 Å². The van der Waals surface area contributed by atoms with E-state index in [1.165, 1.54) is 23.1 Å². The first kappa shape index (κ1) is 17.7. The van der Waals surface area contributed by atoms with Gasteiger partial charge in [-0.05, 0) is 58.5 Å². The zero-order valence-corrected chi connectivity index (χ0v) is 16.1. The third kappa shape index (κ3) is 4.70. The molecule has 1 aliphatic heterocycles. The zero-order chi connectivity index (χ0) is 16.9. The summed E-state index contributed by atoms with van der Waals surface area (Å²) in [6.45, 7) is 3.09. The standard InChI is InChI=1S/C18H18FIN2OS/c19-16-11-14(4-5-17(16)20)18(23)21-15-3-1-2-13(10-15)12-22-6-8-24-9-7-22/h1-5,10-11H,6-9,12H2,(H,21,23). The van der Waals surface area contributed by atoms with Crippen LogP contribution in [0, 0.1) is 9.39 Å². The maximum Gasteiger partial charge on any atom is 0.255 e. The molecule has 3 rings (SSSR count). The molecule has 24 heavy (non-hydrogen) atoms. The Morgan fingerprint density at radius 1 is 1.21 bits per heavy atom. The van der Waals surface area contributed by atoms with Gasteiger partial charge in [0, 0.05) is 46.0 Å². The van der Waals surface area contributed by atoms with Gasteiger partial charge < -0.3 is 5.32 Å². The number of anilines is 1. The Kier molecular flexibility index (Phi) is 6.13. The van der Waals surface area contributed by atoms with Gasteiger partial charge in [-0.15, -0.1) is 0 Å². The molecule has 1 saturated heterocycles. The van der Waals surface area contributed by atoms with Gasteiger partial charge in [0.15, 0.2) is 0 Å². The van der Waals surface area contributed by atoms with Crippen LogP contribution in [0.25, 0.3) is 0 Å². The molecule has 0 aromatic heterocycles. The molecule has 0 saturated carbocycles. The number of nitrogens with zero attached hydrogens (tertiary/aromatic N) is 1. The molecule has 1 aliphatic rings. The van der Waals surface area contributed by atoms with E-state index in [0.717, 1.165) is 25.3 Å². The van der Waals surface area contributed by atoms with Crippen molar-refractivity contribution < 1.29 is 9.18 Å². The van der Waals surface area contributed by atoms with Crippen molar-refractivity contribution in [2.24, 2.45) is 0 Å². The second-order valence-corrected chi connectivity index (χ2v) is 8.06. The van der Waals surface area contributed by atoms with E-state index in [4.69, 9.17) is 0 Å². The fraction of sp³-hybridized carbons (Fsp3) is 0.278. The van der Waals surface area contributed by atoms with Crippen molar-refractivity contribution in [3.63, 3.8) is 0 Å². The molecule has 0 spiro atoms. The number of amides is 1. The third-order valence-corrected chi connectivity index (χ3v) is 5.69. The van der Waals surface area contributed by atoms with Gasteiger partial charge in [0.1, 0.15) is 5.82 Å². The minimum Gasteiger partial charge on any atom is -0.322 e. The van der Waals surface area contributed by atoms with Crippen LogP contribution in [0.15, 0.2) is 42.5 Å². The number of hydrogen-bond acceptors (Lipinski definition) is 3. The fourth-order valence-electron chi connectivity index (χ4n) is 2.61. The lowest BCUT2D eigenvalue weighted by molar-refractivity contribution is 0.102. The van der Waals surface area contributed by atoms with Crippen LogP contribution in [-0.2, 0) is 6.54 Å². The highest BCUT2D eigenvalue weighted by molar-refractivity contribution is 14.1. The average molecular weight is 456 g/mol. The quantitative estimate of drug-likeness (QED) is 0.700. The summed E-state index contributed by atoms with van der Waals surface area (Å²) in [6.07, 6.45) is 0. The summed E-state index contributed by atoms with van der Waals surface area (Å²) < 4.78 is 14.1. The van der Waals surface area contributed by atoms with Crippen molar-refractivity contribution in [2.45, 2.75) is 6.54 Å². The highest BCUT2D eigenvalue weighted by Gasteiger charge is 2.12. The van der Waals surface area contributed by atoms with Crippen LogP contribution in [0.2, 0.25) is 0 Å². The minimum absolute atomic E-state index is 0.295. The lowest BCUT2D eigenvalue weighted by atomic mass is 10.1. The fourth-order valence-corrected chi connectivity index (χ4v) is 3.92. The van der Waals surface area contributed by atoms with Gasteiger partial charge in [0.25, 0.3) is 5.91 Å². The van der Waals surface area contributed by atoms with Crippen LogP contribution in [0.4, 0.5) is 10.1 Å². The molecule has 0 radical (unpaired) electrons. The molecule has 0 bridgehead atoms. The maximum atomic E-state index is 13.6. The number of carbonyl (C=O) groups excluding carboxylic acids is 1. The Balaban J connectivity index is 1.67. The summed E-state index contributed by atoms with van der Waals surface area (Å²) in [4.78, 5) is 14.7. The molecule has 0 aliphatic carbocycles. The molecule has 126 valence electrons. The largest absolute Gasteiger partial charge is 0.322 e. The Morgan fingerprint density at radius 3 is 2.75 bits per heavy atom. The van der Waals surface area contributed by atoms with E-state index >= 15 is 0 Å². The molecular formula is C18H18FIN2OS. The van der Waals surface area contributed by atoms with E-state index in [0.29, 0.717) is 9.13 Å². The normalized spacial score (nSPS) is 15.2. The van der Waals surface area contributed by atoms with Crippen LogP contribution >= 0.6 is 34.4 Å². The first-order valence-electron chi connectivity index (χ1n) is 7.77. The van der Waals surface area contributed by atoms with Gasteiger partial charge >= 0.3 is 0 Å². The molecule has 0 unspecified atom stereocenters. The van der Waals surface area contributed by atoms with Gasteiger partial charge in [-0.2, -0.15) is 11.8 Å². The smallest absolute Gasteiger partial charge is 0.255 e. The van der Waals surface area contributed by atoms with Crippen LogP contribution in [0.5, 0.6) is 0 Å². The molecule has 2 aromatic carbocycles. The molecule has 3 nitrogen and oxygen atoms in total. The number of nitrogens with one attached hydrogen (secondary N) is 1. The molecule has 1 N–H and O–H groups in total. The Labute approximate surface area is 159 Å². The van der Waals surface area contributed by atoms with Crippen LogP contribution in [-0.4, -0.2) is 35.4 Å². The van der Waals surface area contributed by atoms with Crippen LogP contribution in [0.3, 0.4) is 0 Å². The number of benzene rings is 2. The zero-order valence-electron chi connectivity index (χ0n) is 13.1. The maximum absolute atomic E-state index is 13.6. The molecule has 1 heterocycles. The van der Waals surface area contributed by atoms with E-state index < -0.39 is 0 Å². The lowest BCUT2D eigenvalue weighted by Gasteiger charge is -2.26. The number of carbonyl (C=O) groups is 1. The molecule has 0 atom stereocenters. The van der Waals surface area contributed by atoms with E-state index in [-0.39, 0.29) is 11.7 Å². The SMILES string of the molecule is O=C(Nc1cccc(CN2CCSCC2)c1)c1ccc(I)c(F)c1. The molecule has 1 amide bonds. The summed E-state index contributed by atoms with van der Waals surface area (Å²) in [6, 6.07) is 12.4. The third-order valence-electron chi connectivity index (χ3n) is 3.88. The van der Waals surface area contributed by atoms with Gasteiger partial charge in [-0.25, -0.2) is 4.39 Å². The lowest BCUT2D eigenvalue weighted by Crippen LogP contribution is -2.31. The average Bonchev–Trinajstić information content (AvgIpc) is 2.58. The predicted molar refractivity (Wildman–Crippen MR) is 106 cm³/mol. The first-order valence-corrected chi connectivity index (χ1v) is 10.0. The molecule has 6 heteroatoms. The molecule has 1 fully saturated rings. The highest BCUT2D eigenvalue weighted by atomic mass is 127. The van der Waals surface area contributed by atoms with Crippen LogP contribution in [0.1, 0.15) is 15.9 Å². The number of thioether (sulfide) groups is 1. The highest BCUT2D eigenvalue weighted by Crippen LogP contribution is 2.18. The Morgan fingerprint density at radius 2 is 2.00 bits per heavy atom. The minimum atomic E-state index is -0.375. The summed E-state index contributed by atoms with van der Waals surface area (Å²) in [5, 5.41) is 2.85. The Hall–Kier alpha value is -1.12. The van der Waals surface area contributed by atoms with Gasteiger partial charge in [-0.3, -0.25) is 9.69 Å². The first-order chi connectivity index (χ1) is 11.6. The number of halogens is 2. The van der Waals surface area contributed by atoms with E-state index in [1.807, 2.05) is 52.6 Å². The summed E-state index contributed by atoms with van der Waals surface area (Å²) in [7, 11) is 0. The second kappa shape index (κ2) is 8.31. The topological polar surface area (TPSA) is 32.3 Å². The van der Waals surface area contributed by atoms with Crippen molar-refractivity contribution in [1.29, 1.82) is 0 Å². The summed E-state index contributed by atoms with van der Waals surface area (Å²) in [5.74, 6) is 1.68. The predicted octanol–water partition coefficient (Wildman–Crippen LogP) is 4.23. The van der Waals surface area contributed by atoms with Crippen molar-refractivity contribution in [1.82, 2.24) is 4.90 Å². The van der Waals surface area contributed by atoms with Crippen molar-refractivity contribution >= 4 is 45.9 Å².